The predicted octanol–water partition coefficient (Wildman–Crippen LogP) is 2.51. The molecule has 0 amide bonds. The van der Waals surface area contributed by atoms with E-state index in [2.05, 4.69) is 0 Å². The van der Waals surface area contributed by atoms with Gasteiger partial charge in [0.1, 0.15) is 16.8 Å². The second kappa shape index (κ2) is 9.86. The molecule has 0 spiro atoms. The van der Waals surface area contributed by atoms with Crippen molar-refractivity contribution in [2.24, 2.45) is 0 Å². The second-order valence-corrected chi connectivity index (χ2v) is 7.59. The average molecular weight is 448 g/mol. The van der Waals surface area contributed by atoms with Crippen molar-refractivity contribution in [1.29, 1.82) is 10.5 Å². The molecule has 0 saturated carbocycles. The summed E-state index contributed by atoms with van der Waals surface area (Å²) < 4.78 is 18.3. The van der Waals surface area contributed by atoms with E-state index in [0.29, 0.717) is 39.5 Å². The molecule has 162 valence electrons. The average Bonchev–Trinajstić information content (AvgIpc) is 3.14. The maximum absolute atomic E-state index is 13.5. The molecule has 0 aliphatic rings. The molecule has 0 aliphatic heterocycles. The van der Waals surface area contributed by atoms with Gasteiger partial charge in [0.2, 0.25) is 5.75 Å². The standard InChI is InChI=1S/C24H21N3O4S/c1-5-15-8-6-7-9-18(15)27-23(28)20(32-24(27)17(13-25)14-26)12-16-10-11-19(29-2)22(31-4)21(16)30-3/h6-12H,5H2,1-4H3/b20-12+. The predicted molar refractivity (Wildman–Crippen MR) is 123 cm³/mol. The molecular weight excluding hydrogens is 426 g/mol. The minimum absolute atomic E-state index is 0.128. The van der Waals surface area contributed by atoms with Crippen LogP contribution in [-0.2, 0) is 6.42 Å². The zero-order valence-corrected chi connectivity index (χ0v) is 18.9. The lowest BCUT2D eigenvalue weighted by Gasteiger charge is -2.13. The first-order valence-electron chi connectivity index (χ1n) is 9.69. The molecule has 3 aromatic rings. The van der Waals surface area contributed by atoms with Gasteiger partial charge in [0.25, 0.3) is 5.56 Å². The van der Waals surface area contributed by atoms with Crippen LogP contribution < -0.4 is 29.0 Å². The third-order valence-corrected chi connectivity index (χ3v) is 5.99. The molecule has 2 aromatic carbocycles. The van der Waals surface area contributed by atoms with Crippen LogP contribution in [0.25, 0.3) is 17.3 Å². The highest BCUT2D eigenvalue weighted by Gasteiger charge is 2.17. The molecule has 7 nitrogen and oxygen atoms in total. The minimum Gasteiger partial charge on any atom is -0.493 e. The van der Waals surface area contributed by atoms with Crippen LogP contribution in [-0.4, -0.2) is 25.9 Å². The topological polar surface area (TPSA) is 97.3 Å². The normalized spacial score (nSPS) is 10.9. The molecule has 8 heteroatoms. The van der Waals surface area contributed by atoms with Crippen molar-refractivity contribution in [3.63, 3.8) is 0 Å². The quantitative estimate of drug-likeness (QED) is 0.576. The summed E-state index contributed by atoms with van der Waals surface area (Å²) in [5.74, 6) is 1.30. The molecule has 1 aromatic heterocycles. The lowest BCUT2D eigenvalue weighted by Crippen LogP contribution is -2.31. The summed E-state index contributed by atoms with van der Waals surface area (Å²) in [7, 11) is 4.53. The highest BCUT2D eigenvalue weighted by molar-refractivity contribution is 7.07. The van der Waals surface area contributed by atoms with Crippen LogP contribution >= 0.6 is 11.3 Å². The lowest BCUT2D eigenvalue weighted by atomic mass is 10.1. The van der Waals surface area contributed by atoms with Crippen molar-refractivity contribution in [3.8, 4) is 35.1 Å². The van der Waals surface area contributed by atoms with Gasteiger partial charge in [-0.25, -0.2) is 0 Å². The number of thiazole rings is 1. The Morgan fingerprint density at radius 2 is 1.72 bits per heavy atom. The minimum atomic E-state index is -0.328. The van der Waals surface area contributed by atoms with Gasteiger partial charge in [-0.15, -0.1) is 11.3 Å². The van der Waals surface area contributed by atoms with Gasteiger partial charge in [0.05, 0.1) is 31.5 Å². The molecule has 0 unspecified atom stereocenters. The van der Waals surface area contributed by atoms with Crippen molar-refractivity contribution in [2.45, 2.75) is 13.3 Å². The molecule has 0 saturated heterocycles. The lowest BCUT2D eigenvalue weighted by molar-refractivity contribution is 0.324. The van der Waals surface area contributed by atoms with E-state index in [1.807, 2.05) is 43.3 Å². The number of nitriles is 2. The van der Waals surface area contributed by atoms with E-state index < -0.39 is 0 Å². The second-order valence-electron chi connectivity index (χ2n) is 6.56. The van der Waals surface area contributed by atoms with Crippen molar-refractivity contribution in [3.05, 3.63) is 67.1 Å². The Balaban J connectivity index is 2.43. The van der Waals surface area contributed by atoms with Gasteiger partial charge in [-0.3, -0.25) is 9.36 Å². The first-order chi connectivity index (χ1) is 15.5. The molecular formula is C24H21N3O4S. The van der Waals surface area contributed by atoms with Crippen LogP contribution in [0.2, 0.25) is 0 Å². The van der Waals surface area contributed by atoms with Gasteiger partial charge in [0, 0.05) is 5.56 Å². The van der Waals surface area contributed by atoms with E-state index >= 15 is 0 Å². The largest absolute Gasteiger partial charge is 0.493 e. The molecule has 32 heavy (non-hydrogen) atoms. The van der Waals surface area contributed by atoms with Crippen LogP contribution in [0.1, 0.15) is 18.1 Å². The Kier molecular flexibility index (Phi) is 6.99. The monoisotopic (exact) mass is 447 g/mol. The summed E-state index contributed by atoms with van der Waals surface area (Å²) in [6.45, 7) is 1.98. The molecule has 0 bridgehead atoms. The molecule has 0 N–H and O–H groups in total. The Hall–Kier alpha value is -4.01. The number of rotatable bonds is 6. The van der Waals surface area contributed by atoms with Crippen LogP contribution in [0.15, 0.2) is 41.2 Å². The zero-order chi connectivity index (χ0) is 23.3. The van der Waals surface area contributed by atoms with Crippen molar-refractivity contribution < 1.29 is 14.2 Å². The fraction of sp³-hybridized carbons (Fsp3) is 0.208. The van der Waals surface area contributed by atoms with E-state index in [4.69, 9.17) is 14.2 Å². The number of nitrogens with zero attached hydrogens (tertiary/aromatic N) is 3. The van der Waals surface area contributed by atoms with E-state index in [-0.39, 0.29) is 15.8 Å². The van der Waals surface area contributed by atoms with Gasteiger partial charge in [0.15, 0.2) is 17.1 Å². The number of para-hydroxylation sites is 1. The fourth-order valence-electron chi connectivity index (χ4n) is 3.40. The van der Waals surface area contributed by atoms with Crippen LogP contribution in [0.5, 0.6) is 17.2 Å². The Bertz CT molecular complexity index is 1410. The summed E-state index contributed by atoms with van der Waals surface area (Å²) in [5, 5.41) is 19.0. The van der Waals surface area contributed by atoms with Gasteiger partial charge in [-0.05, 0) is 36.3 Å². The van der Waals surface area contributed by atoms with Crippen LogP contribution in [0.4, 0.5) is 0 Å². The van der Waals surface area contributed by atoms with Gasteiger partial charge < -0.3 is 14.2 Å². The summed E-state index contributed by atoms with van der Waals surface area (Å²) in [6.07, 6.45) is 2.35. The molecule has 0 atom stereocenters. The van der Waals surface area contributed by atoms with Crippen LogP contribution in [0.3, 0.4) is 0 Å². The number of aromatic nitrogens is 1. The van der Waals surface area contributed by atoms with E-state index in [9.17, 15) is 15.3 Å². The summed E-state index contributed by atoms with van der Waals surface area (Å²) in [5.41, 5.74) is 1.72. The highest BCUT2D eigenvalue weighted by Crippen LogP contribution is 2.39. The van der Waals surface area contributed by atoms with Gasteiger partial charge in [-0.1, -0.05) is 25.1 Å². The molecule has 1 heterocycles. The molecule has 0 fully saturated rings. The summed E-state index contributed by atoms with van der Waals surface area (Å²) in [6, 6.07) is 14.7. The SMILES string of the molecule is CCc1ccccc1-n1c(=C(C#N)C#N)s/c(=C/c2ccc(OC)c(OC)c2OC)c1=O. The number of benzene rings is 2. The van der Waals surface area contributed by atoms with E-state index in [0.717, 1.165) is 16.9 Å². The first-order valence-corrected chi connectivity index (χ1v) is 10.5. The smallest absolute Gasteiger partial charge is 0.273 e. The Morgan fingerprint density at radius 1 is 1.03 bits per heavy atom. The van der Waals surface area contributed by atoms with Crippen molar-refractivity contribution >= 4 is 23.0 Å². The molecule has 3 rings (SSSR count). The van der Waals surface area contributed by atoms with Crippen molar-refractivity contribution in [2.75, 3.05) is 21.3 Å². The summed E-state index contributed by atoms with van der Waals surface area (Å²) in [4.78, 5) is 13.5. The number of hydrogen-bond donors (Lipinski definition) is 0. The number of methoxy groups -OCH3 is 3. The van der Waals surface area contributed by atoms with E-state index in [1.165, 1.54) is 25.9 Å². The summed E-state index contributed by atoms with van der Waals surface area (Å²) >= 11 is 1.08. The third-order valence-electron chi connectivity index (χ3n) is 4.90. The van der Waals surface area contributed by atoms with Gasteiger partial charge in [-0.2, -0.15) is 10.5 Å². The van der Waals surface area contributed by atoms with Crippen LogP contribution in [0, 0.1) is 22.7 Å². The maximum Gasteiger partial charge on any atom is 0.273 e. The Morgan fingerprint density at radius 3 is 2.31 bits per heavy atom. The zero-order valence-electron chi connectivity index (χ0n) is 18.1. The van der Waals surface area contributed by atoms with E-state index in [1.54, 1.807) is 18.2 Å². The fourth-order valence-corrected chi connectivity index (χ4v) is 4.44. The van der Waals surface area contributed by atoms with Gasteiger partial charge >= 0.3 is 0 Å². The van der Waals surface area contributed by atoms with Crippen molar-refractivity contribution in [1.82, 2.24) is 4.57 Å². The Labute approximate surface area is 189 Å². The number of aryl methyl sites for hydroxylation is 1. The first kappa shape index (κ1) is 22.7. The highest BCUT2D eigenvalue weighted by atomic mass is 32.1. The maximum atomic E-state index is 13.5. The molecule has 0 radical (unpaired) electrons. The number of hydrogen-bond acceptors (Lipinski definition) is 7. The third kappa shape index (κ3) is 3.96. The number of ether oxygens (including phenoxy) is 3. The molecule has 0 aliphatic carbocycles.